The summed E-state index contributed by atoms with van der Waals surface area (Å²) >= 11 is 0. The third kappa shape index (κ3) is 3.47. The van der Waals surface area contributed by atoms with Crippen molar-refractivity contribution in [1.82, 2.24) is 15.1 Å². The first-order chi connectivity index (χ1) is 14.7. The van der Waals surface area contributed by atoms with Gasteiger partial charge in [-0.15, -0.1) is 0 Å². The van der Waals surface area contributed by atoms with Gasteiger partial charge in [-0.2, -0.15) is 5.10 Å². The Morgan fingerprint density at radius 2 is 1.87 bits per heavy atom. The van der Waals surface area contributed by atoms with Gasteiger partial charge in [0.1, 0.15) is 0 Å². The minimum absolute atomic E-state index is 0.101. The Bertz CT molecular complexity index is 1090. The summed E-state index contributed by atoms with van der Waals surface area (Å²) in [6.45, 7) is 2.67. The summed E-state index contributed by atoms with van der Waals surface area (Å²) in [6.07, 6.45) is 10.1. The molecule has 0 bridgehead atoms. The Morgan fingerprint density at radius 3 is 2.70 bits per heavy atom. The number of carbonyl (C=O) groups excluding carboxylic acids is 1. The molecule has 1 amide bonds. The lowest BCUT2D eigenvalue weighted by Gasteiger charge is -2.16. The second-order valence-electron chi connectivity index (χ2n) is 8.32. The molecule has 0 saturated heterocycles. The second kappa shape index (κ2) is 7.94. The van der Waals surface area contributed by atoms with Gasteiger partial charge in [0.15, 0.2) is 0 Å². The molecule has 152 valence electrons. The highest BCUT2D eigenvalue weighted by molar-refractivity contribution is 5.79. The van der Waals surface area contributed by atoms with Gasteiger partial charge in [0.2, 0.25) is 5.91 Å². The van der Waals surface area contributed by atoms with Gasteiger partial charge in [-0.25, -0.2) is 0 Å². The molecule has 4 heteroatoms. The first kappa shape index (κ1) is 18.9. The largest absolute Gasteiger partial charge is 0.356 e. The molecule has 2 atom stereocenters. The highest BCUT2D eigenvalue weighted by Gasteiger charge is 2.32. The van der Waals surface area contributed by atoms with E-state index in [2.05, 4.69) is 75.8 Å². The van der Waals surface area contributed by atoms with Crippen LogP contribution >= 0.6 is 0 Å². The number of hydrogen-bond donors (Lipinski definition) is 1. The Kier molecular flexibility index (Phi) is 4.99. The number of rotatable bonds is 5. The lowest BCUT2D eigenvalue weighted by Crippen LogP contribution is -2.29. The fraction of sp³-hybridized carbons (Fsp3) is 0.308. The van der Waals surface area contributed by atoms with Crippen molar-refractivity contribution in [3.05, 3.63) is 71.9 Å². The van der Waals surface area contributed by atoms with E-state index in [1.54, 1.807) is 0 Å². The van der Waals surface area contributed by atoms with Crippen LogP contribution in [-0.4, -0.2) is 22.2 Å². The average molecular weight is 398 g/mol. The van der Waals surface area contributed by atoms with Crippen LogP contribution in [-0.2, 0) is 11.2 Å². The van der Waals surface area contributed by atoms with Gasteiger partial charge in [0, 0.05) is 18.7 Å². The van der Waals surface area contributed by atoms with E-state index in [4.69, 9.17) is 0 Å². The normalized spacial score (nSPS) is 19.8. The van der Waals surface area contributed by atoms with Crippen molar-refractivity contribution in [2.24, 2.45) is 5.92 Å². The van der Waals surface area contributed by atoms with Crippen molar-refractivity contribution in [2.75, 3.05) is 6.54 Å². The van der Waals surface area contributed by atoms with Crippen molar-refractivity contribution in [2.45, 2.75) is 38.6 Å². The molecule has 2 aliphatic carbocycles. The molecule has 0 spiro atoms. The molecule has 0 unspecified atom stereocenters. The number of carbonyl (C=O) groups is 1. The third-order valence-corrected chi connectivity index (χ3v) is 6.44. The van der Waals surface area contributed by atoms with Gasteiger partial charge < -0.3 is 5.32 Å². The monoisotopic (exact) mass is 397 g/mol. The van der Waals surface area contributed by atoms with E-state index in [9.17, 15) is 4.79 Å². The number of nitrogens with one attached hydrogen (secondary N) is 1. The van der Waals surface area contributed by atoms with E-state index in [1.807, 2.05) is 13.1 Å². The molecule has 1 heterocycles. The minimum atomic E-state index is 0.101. The number of amides is 1. The van der Waals surface area contributed by atoms with Crippen molar-refractivity contribution >= 4 is 12.0 Å². The predicted octanol–water partition coefficient (Wildman–Crippen LogP) is 5.26. The fourth-order valence-electron chi connectivity index (χ4n) is 4.84. The smallest absolute Gasteiger partial charge is 0.223 e. The van der Waals surface area contributed by atoms with E-state index in [0.29, 0.717) is 6.54 Å². The van der Waals surface area contributed by atoms with Crippen LogP contribution in [0, 0.1) is 5.92 Å². The molecule has 0 radical (unpaired) electrons. The van der Waals surface area contributed by atoms with Crippen LogP contribution in [0.5, 0.6) is 0 Å². The Hall–Kier alpha value is -3.14. The number of allylic oxidation sites excluding steroid dienone is 1. The van der Waals surface area contributed by atoms with Crippen molar-refractivity contribution in [3.8, 4) is 22.4 Å². The summed E-state index contributed by atoms with van der Waals surface area (Å²) < 4.78 is 2.12. The van der Waals surface area contributed by atoms with Gasteiger partial charge in [0.05, 0.1) is 11.7 Å². The highest BCUT2D eigenvalue weighted by atomic mass is 16.1. The fourth-order valence-corrected chi connectivity index (χ4v) is 4.84. The Morgan fingerprint density at radius 1 is 1.07 bits per heavy atom. The van der Waals surface area contributed by atoms with Crippen LogP contribution in [0.2, 0.25) is 0 Å². The van der Waals surface area contributed by atoms with E-state index in [1.165, 1.54) is 27.8 Å². The quantitative estimate of drug-likeness (QED) is 0.638. The molecule has 1 fully saturated rings. The lowest BCUT2D eigenvalue weighted by molar-refractivity contribution is -0.124. The molecule has 4 nitrogen and oxygen atoms in total. The zero-order valence-corrected chi connectivity index (χ0v) is 17.3. The van der Waals surface area contributed by atoms with Crippen molar-refractivity contribution in [3.63, 3.8) is 0 Å². The molecular formula is C26H27N3O. The summed E-state index contributed by atoms with van der Waals surface area (Å²) in [5.74, 6) is 0.284. The average Bonchev–Trinajstić information content (AvgIpc) is 3.53. The maximum absolute atomic E-state index is 12.2. The SMILES string of the molecule is CCNC(=O)[C@H]1CC[C@@H](n2nccc2-c2ccc(-c3ccc4c(c3)CC=C4)cc2)C1. The van der Waals surface area contributed by atoms with Crippen LogP contribution < -0.4 is 5.32 Å². The summed E-state index contributed by atoms with van der Waals surface area (Å²) in [6, 6.07) is 17.8. The molecule has 1 N–H and O–H groups in total. The summed E-state index contributed by atoms with van der Waals surface area (Å²) in [4.78, 5) is 12.2. The van der Waals surface area contributed by atoms with E-state index >= 15 is 0 Å². The lowest BCUT2D eigenvalue weighted by atomic mass is 9.99. The summed E-state index contributed by atoms with van der Waals surface area (Å²) in [7, 11) is 0. The third-order valence-electron chi connectivity index (χ3n) is 6.44. The van der Waals surface area contributed by atoms with Crippen LogP contribution in [0.1, 0.15) is 43.4 Å². The molecule has 0 aliphatic heterocycles. The van der Waals surface area contributed by atoms with Crippen LogP contribution in [0.15, 0.2) is 60.8 Å². The molecule has 5 rings (SSSR count). The van der Waals surface area contributed by atoms with Crippen molar-refractivity contribution < 1.29 is 4.79 Å². The van der Waals surface area contributed by atoms with E-state index < -0.39 is 0 Å². The van der Waals surface area contributed by atoms with Gasteiger partial charge in [-0.1, -0.05) is 54.6 Å². The standard InChI is InChI=1S/C26H27N3O/c1-2-27-26(30)23-12-13-24(17-23)29-25(14-15-28-29)20-9-6-19(7-10-20)22-11-8-18-4-3-5-21(18)16-22/h3-4,6-11,14-16,23-24H,2,5,12-13,17H2,1H3,(H,27,30)/t23-,24+/m0/s1. The Balaban J connectivity index is 1.35. The number of benzene rings is 2. The molecule has 3 aromatic rings. The summed E-state index contributed by atoms with van der Waals surface area (Å²) in [5.41, 5.74) is 7.52. The first-order valence-electron chi connectivity index (χ1n) is 10.9. The second-order valence-corrected chi connectivity index (χ2v) is 8.32. The van der Waals surface area contributed by atoms with Gasteiger partial charge in [-0.3, -0.25) is 9.48 Å². The van der Waals surface area contributed by atoms with Gasteiger partial charge >= 0.3 is 0 Å². The zero-order chi connectivity index (χ0) is 20.5. The minimum Gasteiger partial charge on any atom is -0.356 e. The number of fused-ring (bicyclic) bond motifs is 1. The maximum atomic E-state index is 12.2. The molecular weight excluding hydrogens is 370 g/mol. The highest BCUT2D eigenvalue weighted by Crippen LogP contribution is 2.37. The Labute approximate surface area is 177 Å². The molecule has 1 aromatic heterocycles. The van der Waals surface area contributed by atoms with Crippen LogP contribution in [0.3, 0.4) is 0 Å². The van der Waals surface area contributed by atoms with Gasteiger partial charge in [-0.05, 0) is 66.5 Å². The van der Waals surface area contributed by atoms with Crippen LogP contribution in [0.25, 0.3) is 28.5 Å². The van der Waals surface area contributed by atoms with E-state index in [-0.39, 0.29) is 17.9 Å². The molecule has 2 aromatic carbocycles. The summed E-state index contributed by atoms with van der Waals surface area (Å²) in [5, 5.41) is 7.58. The zero-order valence-electron chi connectivity index (χ0n) is 17.3. The van der Waals surface area contributed by atoms with Crippen molar-refractivity contribution in [1.29, 1.82) is 0 Å². The predicted molar refractivity (Wildman–Crippen MR) is 121 cm³/mol. The number of hydrogen-bond acceptors (Lipinski definition) is 2. The number of nitrogens with zero attached hydrogens (tertiary/aromatic N) is 2. The molecule has 2 aliphatic rings. The van der Waals surface area contributed by atoms with E-state index in [0.717, 1.165) is 31.4 Å². The molecule has 1 saturated carbocycles. The maximum Gasteiger partial charge on any atom is 0.223 e. The van der Waals surface area contributed by atoms with Crippen LogP contribution in [0.4, 0.5) is 0 Å². The first-order valence-corrected chi connectivity index (χ1v) is 10.9. The topological polar surface area (TPSA) is 46.9 Å². The molecule has 30 heavy (non-hydrogen) atoms. The number of aromatic nitrogens is 2. The van der Waals surface area contributed by atoms with Gasteiger partial charge in [0.25, 0.3) is 0 Å².